The first-order valence-electron chi connectivity index (χ1n) is 12.0. The minimum Gasteiger partial charge on any atom is -0.489 e. The van der Waals surface area contributed by atoms with Gasteiger partial charge in [-0.3, -0.25) is 4.79 Å². The zero-order chi connectivity index (χ0) is 23.8. The number of hydrogen-bond acceptors (Lipinski definition) is 5. The standard InChI is InChI=1S/C29H26N4O2/c1-19-8-5-12-22(16-19)28-31-29-30-24-14-7-15-25(34)26(24)27(33(29)32-28)21-11-6-13-23(17-21)35-18-20-9-3-2-4-10-20/h2-6,8-13,16-17,27H,7,14-15,18H2,1H3,(H,30,31,32). The van der Waals surface area contributed by atoms with Gasteiger partial charge < -0.3 is 10.1 Å². The highest BCUT2D eigenvalue weighted by Gasteiger charge is 2.37. The lowest BCUT2D eigenvalue weighted by molar-refractivity contribution is -0.116. The first kappa shape index (κ1) is 21.4. The van der Waals surface area contributed by atoms with Crippen LogP contribution in [0.25, 0.3) is 11.4 Å². The number of nitrogens with zero attached hydrogens (tertiary/aromatic N) is 3. The summed E-state index contributed by atoms with van der Waals surface area (Å²) in [6.45, 7) is 2.54. The SMILES string of the molecule is Cc1cccc(-c2nc3n(n2)C(c2cccc(OCc4ccccc4)c2)C2=C(CCCC2=O)N3)c1. The smallest absolute Gasteiger partial charge is 0.226 e. The van der Waals surface area contributed by atoms with E-state index in [1.165, 1.54) is 0 Å². The van der Waals surface area contributed by atoms with Crippen molar-refractivity contribution in [3.05, 3.63) is 107 Å². The molecule has 35 heavy (non-hydrogen) atoms. The number of fused-ring (bicyclic) bond motifs is 1. The molecule has 0 amide bonds. The number of carbonyl (C=O) groups excluding carboxylic acids is 1. The van der Waals surface area contributed by atoms with Crippen molar-refractivity contribution in [3.8, 4) is 17.1 Å². The van der Waals surface area contributed by atoms with E-state index in [4.69, 9.17) is 14.8 Å². The van der Waals surface area contributed by atoms with Crippen LogP contribution in [0.2, 0.25) is 0 Å². The number of ether oxygens (including phenoxy) is 1. The summed E-state index contributed by atoms with van der Waals surface area (Å²) in [5, 5.41) is 8.30. The Labute approximate surface area is 204 Å². The summed E-state index contributed by atoms with van der Waals surface area (Å²) in [5.41, 5.74) is 5.91. The maximum absolute atomic E-state index is 13.1. The Morgan fingerprint density at radius 1 is 1.00 bits per heavy atom. The van der Waals surface area contributed by atoms with E-state index < -0.39 is 0 Å². The van der Waals surface area contributed by atoms with Gasteiger partial charge in [-0.15, -0.1) is 5.10 Å². The summed E-state index contributed by atoms with van der Waals surface area (Å²) in [7, 11) is 0. The number of nitrogens with one attached hydrogen (secondary N) is 1. The van der Waals surface area contributed by atoms with E-state index in [1.807, 2.05) is 71.4 Å². The number of Topliss-reactive ketones (excluding diaryl/α,β-unsaturated/α-hetero) is 1. The summed E-state index contributed by atoms with van der Waals surface area (Å²) in [6.07, 6.45) is 2.22. The number of hydrogen-bond donors (Lipinski definition) is 1. The molecule has 1 aliphatic carbocycles. The van der Waals surface area contributed by atoms with Crippen LogP contribution in [-0.2, 0) is 11.4 Å². The second kappa shape index (κ2) is 8.87. The third-order valence-corrected chi connectivity index (χ3v) is 6.57. The molecule has 4 aromatic rings. The van der Waals surface area contributed by atoms with Crippen molar-refractivity contribution < 1.29 is 9.53 Å². The highest BCUT2D eigenvalue weighted by Crippen LogP contribution is 2.41. The summed E-state index contributed by atoms with van der Waals surface area (Å²) < 4.78 is 7.96. The van der Waals surface area contributed by atoms with Crippen LogP contribution in [0, 0.1) is 6.92 Å². The lowest BCUT2D eigenvalue weighted by Gasteiger charge is -2.32. The first-order chi connectivity index (χ1) is 17.2. The second-order valence-electron chi connectivity index (χ2n) is 9.12. The Morgan fingerprint density at radius 2 is 1.86 bits per heavy atom. The molecule has 1 unspecified atom stereocenters. The average molecular weight is 463 g/mol. The van der Waals surface area contributed by atoms with Gasteiger partial charge in [0.2, 0.25) is 5.95 Å². The van der Waals surface area contributed by atoms with Gasteiger partial charge >= 0.3 is 0 Å². The van der Waals surface area contributed by atoms with Crippen molar-refractivity contribution in [2.24, 2.45) is 0 Å². The molecule has 0 radical (unpaired) electrons. The van der Waals surface area contributed by atoms with Gasteiger partial charge in [0.1, 0.15) is 18.4 Å². The van der Waals surface area contributed by atoms with Crippen molar-refractivity contribution in [2.75, 3.05) is 5.32 Å². The molecule has 1 atom stereocenters. The molecule has 0 spiro atoms. The molecule has 6 heteroatoms. The maximum atomic E-state index is 13.1. The van der Waals surface area contributed by atoms with Crippen LogP contribution in [0.5, 0.6) is 5.75 Å². The molecule has 1 aliphatic heterocycles. The first-order valence-corrected chi connectivity index (χ1v) is 12.0. The highest BCUT2D eigenvalue weighted by molar-refractivity contribution is 5.99. The number of anilines is 1. The van der Waals surface area contributed by atoms with E-state index in [0.717, 1.165) is 52.1 Å². The van der Waals surface area contributed by atoms with E-state index in [1.54, 1.807) is 0 Å². The third-order valence-electron chi connectivity index (χ3n) is 6.57. The summed E-state index contributed by atoms with van der Waals surface area (Å²) in [4.78, 5) is 18.0. The van der Waals surface area contributed by atoms with Crippen LogP contribution >= 0.6 is 0 Å². The topological polar surface area (TPSA) is 69.0 Å². The summed E-state index contributed by atoms with van der Waals surface area (Å²) in [6, 6.07) is 25.9. The minimum absolute atomic E-state index is 0.164. The second-order valence-corrected chi connectivity index (χ2v) is 9.12. The molecule has 0 saturated carbocycles. The Kier molecular flexibility index (Phi) is 5.41. The lowest BCUT2D eigenvalue weighted by atomic mass is 9.85. The quantitative estimate of drug-likeness (QED) is 0.403. The van der Waals surface area contributed by atoms with E-state index in [-0.39, 0.29) is 11.8 Å². The molecule has 174 valence electrons. The van der Waals surface area contributed by atoms with Gasteiger partial charge in [0.15, 0.2) is 11.6 Å². The molecule has 1 aromatic heterocycles. The number of aryl methyl sites for hydroxylation is 1. The molecule has 1 N–H and O–H groups in total. The monoisotopic (exact) mass is 462 g/mol. The number of ketones is 1. The Bertz CT molecular complexity index is 1440. The van der Waals surface area contributed by atoms with Gasteiger partial charge in [0, 0.05) is 23.3 Å². The van der Waals surface area contributed by atoms with Crippen molar-refractivity contribution in [1.29, 1.82) is 0 Å². The maximum Gasteiger partial charge on any atom is 0.226 e. The fourth-order valence-corrected chi connectivity index (χ4v) is 4.89. The van der Waals surface area contributed by atoms with Crippen LogP contribution in [-0.4, -0.2) is 20.5 Å². The average Bonchev–Trinajstić information content (AvgIpc) is 3.31. The molecule has 6 nitrogen and oxygen atoms in total. The molecule has 2 aliphatic rings. The molecule has 2 heterocycles. The third kappa shape index (κ3) is 4.12. The number of aromatic nitrogens is 3. The molecular formula is C29H26N4O2. The van der Waals surface area contributed by atoms with Gasteiger partial charge in [-0.2, -0.15) is 4.98 Å². The Morgan fingerprint density at radius 3 is 2.71 bits per heavy atom. The largest absolute Gasteiger partial charge is 0.489 e. The van der Waals surface area contributed by atoms with Gasteiger partial charge in [-0.1, -0.05) is 66.2 Å². The predicted octanol–water partition coefficient (Wildman–Crippen LogP) is 5.85. The fraction of sp³-hybridized carbons (Fsp3) is 0.207. The number of carbonyl (C=O) groups is 1. The zero-order valence-electron chi connectivity index (χ0n) is 19.6. The van der Waals surface area contributed by atoms with Crippen LogP contribution in [0.15, 0.2) is 90.1 Å². The predicted molar refractivity (Wildman–Crippen MR) is 135 cm³/mol. The molecule has 0 saturated heterocycles. The summed E-state index contributed by atoms with van der Waals surface area (Å²) >= 11 is 0. The normalized spacial score (nSPS) is 16.9. The van der Waals surface area contributed by atoms with E-state index in [2.05, 4.69) is 24.4 Å². The number of rotatable bonds is 5. The van der Waals surface area contributed by atoms with Crippen LogP contribution in [0.3, 0.4) is 0 Å². The minimum atomic E-state index is -0.347. The van der Waals surface area contributed by atoms with Gasteiger partial charge in [0.25, 0.3) is 0 Å². The number of benzene rings is 3. The van der Waals surface area contributed by atoms with E-state index >= 15 is 0 Å². The van der Waals surface area contributed by atoms with Crippen molar-refractivity contribution >= 4 is 11.7 Å². The van der Waals surface area contributed by atoms with Crippen molar-refractivity contribution in [1.82, 2.24) is 14.8 Å². The molecule has 6 rings (SSSR count). The molecule has 3 aromatic carbocycles. The van der Waals surface area contributed by atoms with Crippen LogP contribution in [0.1, 0.15) is 42.0 Å². The van der Waals surface area contributed by atoms with Crippen molar-refractivity contribution in [2.45, 2.75) is 38.8 Å². The van der Waals surface area contributed by atoms with Gasteiger partial charge in [0.05, 0.1) is 0 Å². The molecule has 0 bridgehead atoms. The van der Waals surface area contributed by atoms with Gasteiger partial charge in [-0.05, 0) is 49.1 Å². The molecule has 0 fully saturated rings. The fourth-order valence-electron chi connectivity index (χ4n) is 4.89. The Hall–Kier alpha value is -4.19. The Balaban J connectivity index is 1.40. The molecular weight excluding hydrogens is 436 g/mol. The van der Waals surface area contributed by atoms with Gasteiger partial charge in [-0.25, -0.2) is 4.68 Å². The summed E-state index contributed by atoms with van der Waals surface area (Å²) in [5.74, 6) is 2.23. The van der Waals surface area contributed by atoms with E-state index in [9.17, 15) is 4.79 Å². The van der Waals surface area contributed by atoms with E-state index in [0.29, 0.717) is 24.8 Å². The van der Waals surface area contributed by atoms with Crippen molar-refractivity contribution in [3.63, 3.8) is 0 Å². The zero-order valence-corrected chi connectivity index (χ0v) is 19.6. The van der Waals surface area contributed by atoms with Crippen LogP contribution < -0.4 is 10.1 Å². The highest BCUT2D eigenvalue weighted by atomic mass is 16.5. The lowest BCUT2D eigenvalue weighted by Crippen LogP contribution is -2.31. The van der Waals surface area contributed by atoms with Crippen LogP contribution in [0.4, 0.5) is 5.95 Å². The number of allylic oxidation sites excluding steroid dienone is 2.